The van der Waals surface area contributed by atoms with Crippen molar-refractivity contribution in [1.29, 1.82) is 0 Å². The van der Waals surface area contributed by atoms with Crippen molar-refractivity contribution in [2.24, 2.45) is 0 Å². The van der Waals surface area contributed by atoms with Gasteiger partial charge in [-0.25, -0.2) is 4.68 Å². The maximum Gasteiger partial charge on any atom is 0.0664 e. The number of hydrogen-bond donors (Lipinski definition) is 0. The largest absolute Gasteiger partial charge is 0.238 e. The van der Waals surface area contributed by atoms with Crippen LogP contribution in [0.5, 0.6) is 0 Å². The lowest BCUT2D eigenvalue weighted by Crippen LogP contribution is -1.99. The van der Waals surface area contributed by atoms with Crippen molar-refractivity contribution in [3.05, 3.63) is 45.7 Å². The SMILES string of the molecule is Cc1c(CCl)cnn1-c1ccc(Cl)c(Cl)c1. The number of alkyl halides is 1. The Balaban J connectivity index is 2.50. The summed E-state index contributed by atoms with van der Waals surface area (Å²) < 4.78 is 1.79. The van der Waals surface area contributed by atoms with Crippen LogP contribution in [0.3, 0.4) is 0 Å². The van der Waals surface area contributed by atoms with Crippen molar-refractivity contribution in [2.45, 2.75) is 12.8 Å². The summed E-state index contributed by atoms with van der Waals surface area (Å²) in [7, 11) is 0. The van der Waals surface area contributed by atoms with Gasteiger partial charge in [0.05, 0.1) is 27.8 Å². The molecular formula is C11H9Cl3N2. The van der Waals surface area contributed by atoms with Crippen LogP contribution in [0, 0.1) is 6.92 Å². The maximum atomic E-state index is 5.96. The van der Waals surface area contributed by atoms with Crippen molar-refractivity contribution >= 4 is 34.8 Å². The summed E-state index contributed by atoms with van der Waals surface area (Å²) in [4.78, 5) is 0. The summed E-state index contributed by atoms with van der Waals surface area (Å²) in [6.07, 6.45) is 1.75. The van der Waals surface area contributed by atoms with Crippen LogP contribution >= 0.6 is 34.8 Å². The molecule has 0 aliphatic heterocycles. The highest BCUT2D eigenvalue weighted by Gasteiger charge is 2.08. The van der Waals surface area contributed by atoms with Crippen LogP contribution in [0.25, 0.3) is 5.69 Å². The summed E-state index contributed by atoms with van der Waals surface area (Å²) >= 11 is 17.6. The van der Waals surface area contributed by atoms with Crippen LogP contribution in [0.2, 0.25) is 10.0 Å². The van der Waals surface area contributed by atoms with Gasteiger partial charge in [-0.15, -0.1) is 11.6 Å². The normalized spacial score (nSPS) is 10.8. The quantitative estimate of drug-likeness (QED) is 0.750. The molecule has 1 aromatic carbocycles. The van der Waals surface area contributed by atoms with E-state index in [4.69, 9.17) is 34.8 Å². The fourth-order valence-corrected chi connectivity index (χ4v) is 2.01. The van der Waals surface area contributed by atoms with Gasteiger partial charge in [0, 0.05) is 11.3 Å². The molecule has 1 heterocycles. The molecule has 0 amide bonds. The molecule has 0 spiro atoms. The standard InChI is InChI=1S/C11H9Cl3N2/c1-7-8(5-12)6-15-16(7)9-2-3-10(13)11(14)4-9/h2-4,6H,5H2,1H3. The van der Waals surface area contributed by atoms with E-state index >= 15 is 0 Å². The number of hydrogen-bond acceptors (Lipinski definition) is 1. The van der Waals surface area contributed by atoms with Crippen molar-refractivity contribution < 1.29 is 0 Å². The molecule has 0 bridgehead atoms. The Morgan fingerprint density at radius 3 is 2.56 bits per heavy atom. The van der Waals surface area contributed by atoms with Crippen molar-refractivity contribution in [2.75, 3.05) is 0 Å². The summed E-state index contributed by atoms with van der Waals surface area (Å²) in [5.74, 6) is 0.452. The van der Waals surface area contributed by atoms with Gasteiger partial charge in [-0.2, -0.15) is 5.10 Å². The van der Waals surface area contributed by atoms with Crippen molar-refractivity contribution in [1.82, 2.24) is 9.78 Å². The first-order chi connectivity index (χ1) is 7.63. The van der Waals surface area contributed by atoms with E-state index in [-0.39, 0.29) is 0 Å². The van der Waals surface area contributed by atoms with Crippen molar-refractivity contribution in [3.8, 4) is 5.69 Å². The predicted molar refractivity (Wildman–Crippen MR) is 67.9 cm³/mol. The minimum absolute atomic E-state index is 0.452. The van der Waals surface area contributed by atoms with E-state index in [9.17, 15) is 0 Å². The van der Waals surface area contributed by atoms with Gasteiger partial charge in [0.1, 0.15) is 0 Å². The van der Waals surface area contributed by atoms with Crippen LogP contribution in [0.1, 0.15) is 11.3 Å². The number of nitrogens with zero attached hydrogens (tertiary/aromatic N) is 2. The second-order valence-corrected chi connectivity index (χ2v) is 4.48. The van der Waals surface area contributed by atoms with Gasteiger partial charge >= 0.3 is 0 Å². The van der Waals surface area contributed by atoms with E-state index in [0.29, 0.717) is 15.9 Å². The fraction of sp³-hybridized carbons (Fsp3) is 0.182. The van der Waals surface area contributed by atoms with Gasteiger partial charge in [-0.1, -0.05) is 23.2 Å². The molecule has 84 valence electrons. The third kappa shape index (κ3) is 2.05. The molecule has 0 saturated carbocycles. The molecule has 2 aromatic rings. The zero-order valence-corrected chi connectivity index (χ0v) is 10.8. The molecule has 0 atom stereocenters. The van der Waals surface area contributed by atoms with Gasteiger partial charge in [0.15, 0.2) is 0 Å². The van der Waals surface area contributed by atoms with Gasteiger partial charge in [-0.3, -0.25) is 0 Å². The molecule has 0 aliphatic rings. The fourth-order valence-electron chi connectivity index (χ4n) is 1.45. The molecule has 5 heteroatoms. The van der Waals surface area contributed by atoms with Gasteiger partial charge in [0.2, 0.25) is 0 Å². The average Bonchev–Trinajstić information content (AvgIpc) is 2.64. The highest BCUT2D eigenvalue weighted by atomic mass is 35.5. The first-order valence-corrected chi connectivity index (χ1v) is 5.97. The van der Waals surface area contributed by atoms with Crippen LogP contribution in [-0.4, -0.2) is 9.78 Å². The highest BCUT2D eigenvalue weighted by Crippen LogP contribution is 2.25. The zero-order valence-electron chi connectivity index (χ0n) is 8.54. The Kier molecular flexibility index (Phi) is 3.43. The predicted octanol–water partition coefficient (Wildman–Crippen LogP) is 4.23. The lowest BCUT2D eigenvalue weighted by molar-refractivity contribution is 0.845. The van der Waals surface area contributed by atoms with Crippen LogP contribution in [-0.2, 0) is 5.88 Å². The lowest BCUT2D eigenvalue weighted by Gasteiger charge is -2.06. The van der Waals surface area contributed by atoms with E-state index in [1.807, 2.05) is 13.0 Å². The summed E-state index contributed by atoms with van der Waals surface area (Å²) in [6.45, 7) is 1.97. The molecule has 0 N–H and O–H groups in total. The van der Waals surface area contributed by atoms with Crippen LogP contribution in [0.4, 0.5) is 0 Å². The molecular weight excluding hydrogens is 266 g/mol. The number of rotatable bonds is 2. The second-order valence-electron chi connectivity index (χ2n) is 3.40. The Hall–Kier alpha value is -0.700. The van der Waals surface area contributed by atoms with E-state index < -0.39 is 0 Å². The maximum absolute atomic E-state index is 5.96. The van der Waals surface area contributed by atoms with Gasteiger partial charge < -0.3 is 0 Å². The number of halogens is 3. The van der Waals surface area contributed by atoms with E-state index in [1.54, 1.807) is 23.0 Å². The van der Waals surface area contributed by atoms with E-state index in [1.165, 1.54) is 0 Å². The molecule has 0 aliphatic carbocycles. The molecule has 0 saturated heterocycles. The summed E-state index contributed by atoms with van der Waals surface area (Å²) in [5.41, 5.74) is 2.89. The second kappa shape index (κ2) is 4.66. The molecule has 0 radical (unpaired) electrons. The molecule has 0 fully saturated rings. The number of aromatic nitrogens is 2. The molecule has 0 unspecified atom stereocenters. The van der Waals surface area contributed by atoms with E-state index in [2.05, 4.69) is 5.10 Å². The molecule has 2 nitrogen and oxygen atoms in total. The summed E-state index contributed by atoms with van der Waals surface area (Å²) in [5, 5.41) is 5.31. The lowest BCUT2D eigenvalue weighted by atomic mass is 10.3. The zero-order chi connectivity index (χ0) is 11.7. The average molecular weight is 276 g/mol. The Morgan fingerprint density at radius 2 is 2.00 bits per heavy atom. The summed E-state index contributed by atoms with van der Waals surface area (Å²) in [6, 6.07) is 5.40. The van der Waals surface area contributed by atoms with Gasteiger partial charge in [0.25, 0.3) is 0 Å². The van der Waals surface area contributed by atoms with Crippen molar-refractivity contribution in [3.63, 3.8) is 0 Å². The molecule has 16 heavy (non-hydrogen) atoms. The highest BCUT2D eigenvalue weighted by molar-refractivity contribution is 6.42. The Labute approximate surface area is 109 Å². The number of benzene rings is 1. The smallest absolute Gasteiger partial charge is 0.0664 e. The van der Waals surface area contributed by atoms with Crippen LogP contribution < -0.4 is 0 Å². The third-order valence-corrected chi connectivity index (χ3v) is 3.43. The minimum Gasteiger partial charge on any atom is -0.238 e. The first-order valence-electron chi connectivity index (χ1n) is 4.68. The van der Waals surface area contributed by atoms with Crippen LogP contribution in [0.15, 0.2) is 24.4 Å². The monoisotopic (exact) mass is 274 g/mol. The molecule has 1 aromatic heterocycles. The molecule has 2 rings (SSSR count). The first kappa shape index (κ1) is 11.8. The van der Waals surface area contributed by atoms with Gasteiger partial charge in [-0.05, 0) is 25.1 Å². The topological polar surface area (TPSA) is 17.8 Å². The third-order valence-electron chi connectivity index (χ3n) is 2.40. The Bertz CT molecular complexity index is 520. The van der Waals surface area contributed by atoms with E-state index in [0.717, 1.165) is 16.9 Å². The Morgan fingerprint density at radius 1 is 1.25 bits per heavy atom. The minimum atomic E-state index is 0.452.